The first-order valence-corrected chi connectivity index (χ1v) is 17.8. The molecule has 0 radical (unpaired) electrons. The fraction of sp³-hybridized carbons (Fsp3) is 0.425. The molecule has 2 fully saturated rings. The zero-order valence-corrected chi connectivity index (χ0v) is 29.6. The summed E-state index contributed by atoms with van der Waals surface area (Å²) in [5, 5.41) is 5.42. The van der Waals surface area contributed by atoms with E-state index in [1.54, 1.807) is 7.11 Å². The second kappa shape index (κ2) is 15.6. The van der Waals surface area contributed by atoms with Crippen molar-refractivity contribution in [2.24, 2.45) is 5.73 Å². The number of benzene rings is 3. The Hall–Kier alpha value is -3.49. The van der Waals surface area contributed by atoms with Gasteiger partial charge in [-0.25, -0.2) is 0 Å². The molecule has 0 saturated heterocycles. The largest absolute Gasteiger partial charge is 0.497 e. The van der Waals surface area contributed by atoms with Crippen molar-refractivity contribution in [2.45, 2.75) is 74.5 Å². The molecular formula is C40H52N4O2S. The van der Waals surface area contributed by atoms with E-state index >= 15 is 0 Å². The van der Waals surface area contributed by atoms with Crippen LogP contribution < -0.4 is 15.8 Å². The first-order chi connectivity index (χ1) is 22.7. The third-order valence-corrected chi connectivity index (χ3v) is 11.6. The Morgan fingerprint density at radius 3 is 1.87 bits per heavy atom. The van der Waals surface area contributed by atoms with Gasteiger partial charge in [0, 0.05) is 22.7 Å². The molecule has 6 nitrogen and oxygen atoms in total. The van der Waals surface area contributed by atoms with Crippen molar-refractivity contribution in [1.29, 1.82) is 0 Å². The third-order valence-electron chi connectivity index (χ3n) is 10.7. The minimum Gasteiger partial charge on any atom is -0.497 e. The van der Waals surface area contributed by atoms with Crippen molar-refractivity contribution in [3.63, 3.8) is 0 Å². The number of amides is 1. The van der Waals surface area contributed by atoms with Crippen LogP contribution in [0.15, 0.2) is 96.4 Å². The van der Waals surface area contributed by atoms with E-state index in [1.165, 1.54) is 55.4 Å². The Balaban J connectivity index is 0.000000227. The van der Waals surface area contributed by atoms with E-state index in [0.29, 0.717) is 0 Å². The van der Waals surface area contributed by atoms with Crippen LogP contribution in [-0.2, 0) is 0 Å². The lowest BCUT2D eigenvalue weighted by Gasteiger charge is -2.43. The average Bonchev–Trinajstić information content (AvgIpc) is 3.90. The Labute approximate surface area is 285 Å². The Morgan fingerprint density at radius 1 is 0.766 bits per heavy atom. The van der Waals surface area contributed by atoms with Crippen molar-refractivity contribution in [3.05, 3.63) is 112 Å². The van der Waals surface area contributed by atoms with Crippen LogP contribution in [0.4, 0.5) is 0 Å². The van der Waals surface area contributed by atoms with Crippen molar-refractivity contribution >= 4 is 17.2 Å². The fourth-order valence-electron chi connectivity index (χ4n) is 7.85. The smallest absolute Gasteiger partial charge is 0.262 e. The predicted octanol–water partition coefficient (Wildman–Crippen LogP) is 8.33. The number of carbonyl (C=O) groups is 1. The highest BCUT2D eigenvalue weighted by molar-refractivity contribution is 7.12. The lowest BCUT2D eigenvalue weighted by molar-refractivity contribution is 0.0770. The molecule has 2 unspecified atom stereocenters. The summed E-state index contributed by atoms with van der Waals surface area (Å²) in [7, 11) is 10.3. The van der Waals surface area contributed by atoms with Crippen molar-refractivity contribution < 1.29 is 9.53 Å². The number of likely N-dealkylation sites (N-methyl/N-ethyl adjacent to an activating group) is 2. The van der Waals surface area contributed by atoms with Gasteiger partial charge in [0.05, 0.1) is 18.0 Å². The van der Waals surface area contributed by atoms with E-state index in [1.807, 2.05) is 47.8 Å². The highest BCUT2D eigenvalue weighted by atomic mass is 32.1. The molecule has 7 heteroatoms. The molecule has 6 rings (SSSR count). The van der Waals surface area contributed by atoms with Gasteiger partial charge in [0.15, 0.2) is 0 Å². The number of nitrogens with two attached hydrogens (primary N) is 1. The zero-order valence-electron chi connectivity index (χ0n) is 28.7. The van der Waals surface area contributed by atoms with Crippen LogP contribution in [0.2, 0.25) is 0 Å². The van der Waals surface area contributed by atoms with Gasteiger partial charge in [-0.3, -0.25) is 4.79 Å². The van der Waals surface area contributed by atoms with Gasteiger partial charge in [0.25, 0.3) is 5.91 Å². The van der Waals surface area contributed by atoms with Crippen LogP contribution in [0, 0.1) is 0 Å². The summed E-state index contributed by atoms with van der Waals surface area (Å²) < 4.78 is 5.38. The summed E-state index contributed by atoms with van der Waals surface area (Å²) in [5.74, 6) is 0.768. The van der Waals surface area contributed by atoms with Gasteiger partial charge < -0.3 is 25.6 Å². The molecule has 0 bridgehead atoms. The van der Waals surface area contributed by atoms with E-state index in [4.69, 9.17) is 10.5 Å². The number of hydrogen-bond acceptors (Lipinski definition) is 6. The lowest BCUT2D eigenvalue weighted by Crippen LogP contribution is -2.53. The molecule has 250 valence electrons. The van der Waals surface area contributed by atoms with Gasteiger partial charge in [-0.1, -0.05) is 98.5 Å². The first-order valence-electron chi connectivity index (χ1n) is 16.9. The maximum atomic E-state index is 13.6. The molecule has 2 atom stereocenters. The normalized spacial score (nSPS) is 18.0. The van der Waals surface area contributed by atoms with E-state index in [-0.39, 0.29) is 29.1 Å². The van der Waals surface area contributed by atoms with Crippen LogP contribution in [0.3, 0.4) is 0 Å². The average molecular weight is 653 g/mol. The topological polar surface area (TPSA) is 70.8 Å². The van der Waals surface area contributed by atoms with Gasteiger partial charge in [0.1, 0.15) is 5.75 Å². The van der Waals surface area contributed by atoms with Gasteiger partial charge in [-0.15, -0.1) is 11.3 Å². The number of nitrogens with one attached hydrogen (secondary N) is 1. The first kappa shape index (κ1) is 34.8. The minimum atomic E-state index is -0.0790. The van der Waals surface area contributed by atoms with Crippen LogP contribution >= 0.6 is 11.3 Å². The van der Waals surface area contributed by atoms with Crippen LogP contribution in [-0.4, -0.2) is 62.1 Å². The van der Waals surface area contributed by atoms with E-state index in [0.717, 1.165) is 40.2 Å². The van der Waals surface area contributed by atoms with Crippen LogP contribution in [0.25, 0.3) is 11.1 Å². The molecule has 2 aliphatic rings. The Bertz CT molecular complexity index is 1560. The molecule has 47 heavy (non-hydrogen) atoms. The Kier molecular flexibility index (Phi) is 11.6. The Morgan fingerprint density at radius 2 is 1.32 bits per heavy atom. The summed E-state index contributed by atoms with van der Waals surface area (Å²) in [6.45, 7) is 0. The summed E-state index contributed by atoms with van der Waals surface area (Å²) in [5.41, 5.74) is 10.9. The maximum absolute atomic E-state index is 13.6. The SMILES string of the molecule is CN(C)C1(C(N)c2ccccc2)CCCC1.COc1cccc(-c2ccsc2C(=O)NC(c2ccccc2)C2(N(C)C)CCCC2)c1. The molecule has 1 heterocycles. The summed E-state index contributed by atoms with van der Waals surface area (Å²) >= 11 is 1.49. The van der Waals surface area contributed by atoms with E-state index in [2.05, 4.69) is 91.8 Å². The summed E-state index contributed by atoms with van der Waals surface area (Å²) in [6.07, 6.45) is 9.57. The second-order valence-corrected chi connectivity index (χ2v) is 14.4. The van der Waals surface area contributed by atoms with Gasteiger partial charge in [-0.05, 0) is 94.1 Å². The molecular weight excluding hydrogens is 601 g/mol. The van der Waals surface area contributed by atoms with Gasteiger partial charge >= 0.3 is 0 Å². The van der Waals surface area contributed by atoms with Gasteiger partial charge in [-0.2, -0.15) is 0 Å². The van der Waals surface area contributed by atoms with Crippen molar-refractivity contribution in [1.82, 2.24) is 15.1 Å². The highest BCUT2D eigenvalue weighted by Crippen LogP contribution is 2.44. The van der Waals surface area contributed by atoms with Crippen molar-refractivity contribution in [3.8, 4) is 16.9 Å². The van der Waals surface area contributed by atoms with Crippen LogP contribution in [0.1, 0.15) is 84.2 Å². The summed E-state index contributed by atoms with van der Waals surface area (Å²) in [4.78, 5) is 19.0. The highest BCUT2D eigenvalue weighted by Gasteiger charge is 2.45. The van der Waals surface area contributed by atoms with E-state index < -0.39 is 0 Å². The number of methoxy groups -OCH3 is 1. The lowest BCUT2D eigenvalue weighted by atomic mass is 9.82. The number of rotatable bonds is 10. The molecule has 0 spiro atoms. The predicted molar refractivity (Wildman–Crippen MR) is 196 cm³/mol. The number of carbonyl (C=O) groups excluding carboxylic acids is 1. The summed E-state index contributed by atoms with van der Waals surface area (Å²) in [6, 6.07) is 30.9. The molecule has 2 aliphatic carbocycles. The number of hydrogen-bond donors (Lipinski definition) is 2. The molecule has 3 aromatic carbocycles. The number of ether oxygens (including phenoxy) is 1. The van der Waals surface area contributed by atoms with Crippen LogP contribution in [0.5, 0.6) is 5.75 Å². The van der Waals surface area contributed by atoms with E-state index in [9.17, 15) is 4.79 Å². The quantitative estimate of drug-likeness (QED) is 0.180. The van der Waals surface area contributed by atoms with Gasteiger partial charge in [0.2, 0.25) is 0 Å². The fourth-order valence-corrected chi connectivity index (χ4v) is 8.67. The molecule has 1 aromatic heterocycles. The molecule has 1 amide bonds. The zero-order chi connectivity index (χ0) is 33.4. The van der Waals surface area contributed by atoms with Crippen molar-refractivity contribution in [2.75, 3.05) is 35.3 Å². The minimum absolute atomic E-state index is 0.0187. The molecule has 3 N–H and O–H groups in total. The molecule has 0 aliphatic heterocycles. The number of nitrogens with zero attached hydrogens (tertiary/aromatic N) is 2. The number of thiophene rings is 1. The molecule has 4 aromatic rings. The standard InChI is InChI=1S/C26H30N2O2S.C14H22N2/c1-28(2)26(15-7-8-16-26)24(19-10-5-4-6-11-19)27-25(29)23-22(14-17-31-23)20-12-9-13-21(18-20)30-3;1-16(2)14(10-6-7-11-14)13(15)12-8-4-3-5-9-12/h4-6,9-14,17-18,24H,7-8,15-16H2,1-3H3,(H,27,29);3-5,8-9,13H,6-7,10-11,15H2,1-2H3. The molecule has 2 saturated carbocycles. The maximum Gasteiger partial charge on any atom is 0.262 e. The second-order valence-electron chi connectivity index (χ2n) is 13.5. The monoisotopic (exact) mass is 652 g/mol. The third kappa shape index (κ3) is 7.49.